The third kappa shape index (κ3) is 2.93. The van der Waals surface area contributed by atoms with Gasteiger partial charge >= 0.3 is 0 Å². The van der Waals surface area contributed by atoms with Crippen LogP contribution in [0.3, 0.4) is 0 Å². The maximum atomic E-state index is 6.39. The van der Waals surface area contributed by atoms with Gasteiger partial charge in [-0.25, -0.2) is 0 Å². The number of ether oxygens (including phenoxy) is 2. The molecule has 2 saturated heterocycles. The molecule has 3 rings (SSSR count). The Morgan fingerprint density at radius 3 is 2.68 bits per heavy atom. The SMILES string of the molecule is CC1CN(Cc2ccccc2)CC12OCC(C)(C)C(CN)O2. The predicted molar refractivity (Wildman–Crippen MR) is 87.3 cm³/mol. The molecular formula is C18H28N2O2. The van der Waals surface area contributed by atoms with E-state index in [1.54, 1.807) is 0 Å². The summed E-state index contributed by atoms with van der Waals surface area (Å²) in [5, 5.41) is 0. The van der Waals surface area contributed by atoms with Gasteiger partial charge in [-0.15, -0.1) is 0 Å². The normalized spacial score (nSPS) is 35.1. The van der Waals surface area contributed by atoms with Crippen molar-refractivity contribution in [3.63, 3.8) is 0 Å². The molecule has 0 radical (unpaired) electrons. The van der Waals surface area contributed by atoms with E-state index in [0.29, 0.717) is 19.1 Å². The van der Waals surface area contributed by atoms with Crippen molar-refractivity contribution in [1.82, 2.24) is 4.90 Å². The van der Waals surface area contributed by atoms with Crippen LogP contribution < -0.4 is 5.73 Å². The summed E-state index contributed by atoms with van der Waals surface area (Å²) in [6.07, 6.45) is 0.0559. The highest BCUT2D eigenvalue weighted by Gasteiger charge is 2.53. The van der Waals surface area contributed by atoms with Crippen LogP contribution in [-0.2, 0) is 16.0 Å². The number of hydrogen-bond acceptors (Lipinski definition) is 4. The molecule has 2 aliphatic rings. The third-order valence-electron chi connectivity index (χ3n) is 5.09. The number of nitrogens with two attached hydrogens (primary N) is 1. The molecule has 4 nitrogen and oxygen atoms in total. The van der Waals surface area contributed by atoms with E-state index < -0.39 is 5.79 Å². The lowest BCUT2D eigenvalue weighted by Gasteiger charge is -2.48. The molecule has 1 aromatic carbocycles. The zero-order valence-electron chi connectivity index (χ0n) is 13.9. The average Bonchev–Trinajstić information content (AvgIpc) is 2.79. The van der Waals surface area contributed by atoms with Gasteiger partial charge < -0.3 is 15.2 Å². The van der Waals surface area contributed by atoms with Crippen molar-refractivity contribution in [3.8, 4) is 0 Å². The third-order valence-corrected chi connectivity index (χ3v) is 5.09. The molecule has 2 N–H and O–H groups in total. The predicted octanol–water partition coefficient (Wildman–Crippen LogP) is 2.23. The summed E-state index contributed by atoms with van der Waals surface area (Å²) >= 11 is 0. The molecule has 1 spiro atoms. The Balaban J connectivity index is 1.70. The molecule has 3 unspecified atom stereocenters. The van der Waals surface area contributed by atoms with Crippen molar-refractivity contribution < 1.29 is 9.47 Å². The summed E-state index contributed by atoms with van der Waals surface area (Å²) in [5.74, 6) is -0.143. The van der Waals surface area contributed by atoms with E-state index in [-0.39, 0.29) is 11.5 Å². The lowest BCUT2D eigenvalue weighted by atomic mass is 9.85. The summed E-state index contributed by atoms with van der Waals surface area (Å²) in [6, 6.07) is 10.6. The minimum absolute atomic E-state index is 0.0213. The molecule has 0 aliphatic carbocycles. The van der Waals surface area contributed by atoms with Gasteiger partial charge in [0, 0.05) is 31.0 Å². The first kappa shape index (κ1) is 15.9. The van der Waals surface area contributed by atoms with E-state index >= 15 is 0 Å². The van der Waals surface area contributed by atoms with Gasteiger partial charge in [-0.1, -0.05) is 51.1 Å². The fourth-order valence-electron chi connectivity index (χ4n) is 3.56. The number of likely N-dealkylation sites (tertiary alicyclic amines) is 1. The molecule has 0 saturated carbocycles. The Hall–Kier alpha value is -0.940. The van der Waals surface area contributed by atoms with Crippen LogP contribution in [0.15, 0.2) is 30.3 Å². The van der Waals surface area contributed by atoms with Crippen molar-refractivity contribution in [2.45, 2.75) is 39.2 Å². The molecule has 4 heteroatoms. The molecule has 2 fully saturated rings. The van der Waals surface area contributed by atoms with Gasteiger partial charge in [0.15, 0.2) is 5.79 Å². The van der Waals surface area contributed by atoms with Crippen LogP contribution in [0.25, 0.3) is 0 Å². The number of benzene rings is 1. The van der Waals surface area contributed by atoms with Crippen LogP contribution in [0.5, 0.6) is 0 Å². The van der Waals surface area contributed by atoms with Gasteiger partial charge in [-0.3, -0.25) is 4.90 Å². The van der Waals surface area contributed by atoms with Crippen LogP contribution in [0.1, 0.15) is 26.3 Å². The number of hydrogen-bond donors (Lipinski definition) is 1. The molecule has 1 aromatic rings. The molecule has 0 bridgehead atoms. The first-order chi connectivity index (χ1) is 10.5. The lowest BCUT2D eigenvalue weighted by molar-refractivity contribution is -0.333. The highest BCUT2D eigenvalue weighted by molar-refractivity contribution is 5.15. The standard InChI is InChI=1S/C18H28N2O2/c1-14-10-20(11-15-7-5-4-6-8-15)12-18(14)21-13-17(2,3)16(9-19)22-18/h4-8,14,16H,9-13,19H2,1-3H3. The smallest absolute Gasteiger partial charge is 0.185 e. The average molecular weight is 304 g/mol. The van der Waals surface area contributed by atoms with E-state index in [9.17, 15) is 0 Å². The van der Waals surface area contributed by atoms with Gasteiger partial charge in [0.05, 0.1) is 19.3 Å². The quantitative estimate of drug-likeness (QED) is 0.930. The zero-order chi connectivity index (χ0) is 15.8. The summed E-state index contributed by atoms with van der Waals surface area (Å²) in [6.45, 7) is 10.6. The number of rotatable bonds is 3. The van der Waals surface area contributed by atoms with Crippen molar-refractivity contribution in [2.24, 2.45) is 17.1 Å². The summed E-state index contributed by atoms with van der Waals surface area (Å²) in [4.78, 5) is 2.42. The largest absolute Gasteiger partial charge is 0.348 e. The number of nitrogens with zero attached hydrogens (tertiary/aromatic N) is 1. The second-order valence-electron chi connectivity index (χ2n) is 7.49. The Morgan fingerprint density at radius 2 is 2.00 bits per heavy atom. The first-order valence-electron chi connectivity index (χ1n) is 8.23. The van der Waals surface area contributed by atoms with E-state index in [1.807, 2.05) is 0 Å². The van der Waals surface area contributed by atoms with Crippen molar-refractivity contribution in [2.75, 3.05) is 26.2 Å². The molecule has 0 aromatic heterocycles. The van der Waals surface area contributed by atoms with Crippen LogP contribution in [0, 0.1) is 11.3 Å². The topological polar surface area (TPSA) is 47.7 Å². The minimum Gasteiger partial charge on any atom is -0.348 e. The Morgan fingerprint density at radius 1 is 1.27 bits per heavy atom. The fourth-order valence-corrected chi connectivity index (χ4v) is 3.56. The van der Waals surface area contributed by atoms with Crippen LogP contribution in [0.4, 0.5) is 0 Å². The molecule has 122 valence electrons. The van der Waals surface area contributed by atoms with Gasteiger partial charge in [0.25, 0.3) is 0 Å². The Bertz CT molecular complexity index is 505. The van der Waals surface area contributed by atoms with E-state index in [0.717, 1.165) is 19.6 Å². The second kappa shape index (κ2) is 5.93. The first-order valence-corrected chi connectivity index (χ1v) is 8.23. The van der Waals surface area contributed by atoms with Crippen LogP contribution in [0.2, 0.25) is 0 Å². The van der Waals surface area contributed by atoms with Gasteiger partial charge in [-0.05, 0) is 5.56 Å². The Labute approximate surface area is 133 Å². The molecule has 2 aliphatic heterocycles. The summed E-state index contributed by atoms with van der Waals surface area (Å²) < 4.78 is 12.6. The van der Waals surface area contributed by atoms with E-state index in [2.05, 4.69) is 56.0 Å². The highest BCUT2D eigenvalue weighted by Crippen LogP contribution is 2.42. The zero-order valence-corrected chi connectivity index (χ0v) is 13.9. The van der Waals surface area contributed by atoms with E-state index in [4.69, 9.17) is 15.2 Å². The van der Waals surface area contributed by atoms with Crippen molar-refractivity contribution in [3.05, 3.63) is 35.9 Å². The van der Waals surface area contributed by atoms with Crippen molar-refractivity contribution in [1.29, 1.82) is 0 Å². The van der Waals surface area contributed by atoms with Crippen molar-refractivity contribution >= 4 is 0 Å². The van der Waals surface area contributed by atoms with E-state index in [1.165, 1.54) is 5.56 Å². The molecule has 22 heavy (non-hydrogen) atoms. The summed E-state index contributed by atoms with van der Waals surface area (Å²) in [5.41, 5.74) is 7.25. The van der Waals surface area contributed by atoms with Gasteiger partial charge in [0.1, 0.15) is 0 Å². The summed E-state index contributed by atoms with van der Waals surface area (Å²) in [7, 11) is 0. The van der Waals surface area contributed by atoms with Gasteiger partial charge in [0.2, 0.25) is 0 Å². The maximum absolute atomic E-state index is 6.39. The van der Waals surface area contributed by atoms with Gasteiger partial charge in [-0.2, -0.15) is 0 Å². The lowest BCUT2D eigenvalue weighted by Crippen LogP contribution is -2.58. The molecule has 2 heterocycles. The second-order valence-corrected chi connectivity index (χ2v) is 7.49. The molecular weight excluding hydrogens is 276 g/mol. The monoisotopic (exact) mass is 304 g/mol. The van der Waals surface area contributed by atoms with Crippen LogP contribution in [-0.4, -0.2) is 43.0 Å². The fraction of sp³-hybridized carbons (Fsp3) is 0.667. The molecule has 0 amide bonds. The van der Waals surface area contributed by atoms with Crippen LogP contribution >= 0.6 is 0 Å². The maximum Gasteiger partial charge on any atom is 0.185 e. The minimum atomic E-state index is -0.492. The highest BCUT2D eigenvalue weighted by atomic mass is 16.7. The Kier molecular flexibility index (Phi) is 4.29. The molecule has 3 atom stereocenters.